The lowest BCUT2D eigenvalue weighted by Crippen LogP contribution is -2.40. The molecule has 3 aromatic heterocycles. The van der Waals surface area contributed by atoms with Crippen LogP contribution in [-0.2, 0) is 0 Å². The summed E-state index contributed by atoms with van der Waals surface area (Å²) in [6, 6.07) is 10.8. The first-order chi connectivity index (χ1) is 12.7. The number of nitrogens with two attached hydrogens (primary N) is 1. The SMILES string of the molecule is N#CC1=c2/c(=C/c3ccco3)c(N)c(C#N)n2C(=O)[C@@H](c2ccco2)S1. The highest BCUT2D eigenvalue weighted by molar-refractivity contribution is 8.09. The first-order valence-electron chi connectivity index (χ1n) is 7.50. The third kappa shape index (κ3) is 2.25. The summed E-state index contributed by atoms with van der Waals surface area (Å²) < 4.78 is 11.8. The second kappa shape index (κ2) is 6.03. The molecule has 7 nitrogen and oxygen atoms in total. The van der Waals surface area contributed by atoms with Crippen molar-refractivity contribution in [3.8, 4) is 12.1 Å². The lowest BCUT2D eigenvalue weighted by Gasteiger charge is -2.18. The maximum absolute atomic E-state index is 13.0. The van der Waals surface area contributed by atoms with Gasteiger partial charge in [0, 0.05) is 5.22 Å². The Hall–Kier alpha value is -3.62. The topological polar surface area (TPSA) is 122 Å². The van der Waals surface area contributed by atoms with Crippen molar-refractivity contribution in [2.45, 2.75) is 5.25 Å². The van der Waals surface area contributed by atoms with Crippen molar-refractivity contribution in [3.63, 3.8) is 0 Å². The molecule has 0 unspecified atom stereocenters. The molecule has 1 aliphatic rings. The maximum Gasteiger partial charge on any atom is 0.253 e. The van der Waals surface area contributed by atoms with Gasteiger partial charge in [0.1, 0.15) is 33.8 Å². The van der Waals surface area contributed by atoms with Crippen molar-refractivity contribution in [1.82, 2.24) is 4.57 Å². The van der Waals surface area contributed by atoms with Gasteiger partial charge < -0.3 is 14.6 Å². The lowest BCUT2D eigenvalue weighted by molar-refractivity contribution is 0.0898. The fourth-order valence-electron chi connectivity index (χ4n) is 2.86. The number of fused-ring (bicyclic) bond motifs is 1. The van der Waals surface area contributed by atoms with E-state index in [1.54, 1.807) is 30.3 Å². The summed E-state index contributed by atoms with van der Waals surface area (Å²) in [6.45, 7) is 0. The highest BCUT2D eigenvalue weighted by Crippen LogP contribution is 2.38. The van der Waals surface area contributed by atoms with Gasteiger partial charge in [-0.05, 0) is 30.3 Å². The van der Waals surface area contributed by atoms with Gasteiger partial charge in [0.2, 0.25) is 0 Å². The van der Waals surface area contributed by atoms with Gasteiger partial charge in [0.05, 0.1) is 23.6 Å². The Morgan fingerprint density at radius 3 is 2.58 bits per heavy atom. The molecule has 4 rings (SSSR count). The van der Waals surface area contributed by atoms with Crippen molar-refractivity contribution in [3.05, 3.63) is 64.6 Å². The van der Waals surface area contributed by atoms with Crippen LogP contribution >= 0.6 is 11.8 Å². The summed E-state index contributed by atoms with van der Waals surface area (Å²) in [5.41, 5.74) is 6.25. The molecule has 2 N–H and O–H groups in total. The van der Waals surface area contributed by atoms with Crippen LogP contribution in [0.25, 0.3) is 11.0 Å². The minimum absolute atomic E-state index is 0.00703. The number of nitrogens with zero attached hydrogens (tertiary/aromatic N) is 3. The zero-order valence-corrected chi connectivity index (χ0v) is 14.0. The molecule has 0 aromatic carbocycles. The fourth-order valence-corrected chi connectivity index (χ4v) is 3.92. The number of hydrogen-bond donors (Lipinski definition) is 1. The van der Waals surface area contributed by atoms with Gasteiger partial charge >= 0.3 is 0 Å². The van der Waals surface area contributed by atoms with Crippen LogP contribution < -0.4 is 16.3 Å². The van der Waals surface area contributed by atoms with Crippen LogP contribution in [0.1, 0.15) is 27.3 Å². The number of furan rings is 2. The molecule has 1 atom stereocenters. The second-order valence-corrected chi connectivity index (χ2v) is 6.54. The summed E-state index contributed by atoms with van der Waals surface area (Å²) >= 11 is 1.08. The van der Waals surface area contributed by atoms with Crippen LogP contribution in [0.5, 0.6) is 0 Å². The molecule has 0 spiro atoms. The number of rotatable bonds is 2. The number of nitrogen functional groups attached to an aromatic ring is 1. The predicted molar refractivity (Wildman–Crippen MR) is 93.8 cm³/mol. The van der Waals surface area contributed by atoms with E-state index in [-0.39, 0.29) is 22.2 Å². The Morgan fingerprint density at radius 1 is 1.19 bits per heavy atom. The van der Waals surface area contributed by atoms with Gasteiger partial charge in [-0.2, -0.15) is 10.5 Å². The molecule has 3 aromatic rings. The molecule has 26 heavy (non-hydrogen) atoms. The van der Waals surface area contributed by atoms with Gasteiger partial charge in [0.15, 0.2) is 5.69 Å². The van der Waals surface area contributed by atoms with Gasteiger partial charge in [-0.25, -0.2) is 0 Å². The quantitative estimate of drug-likeness (QED) is 0.736. The van der Waals surface area contributed by atoms with Crippen molar-refractivity contribution >= 4 is 34.3 Å². The number of hydrogen-bond acceptors (Lipinski definition) is 7. The van der Waals surface area contributed by atoms with Crippen LogP contribution in [0.15, 0.2) is 45.6 Å². The van der Waals surface area contributed by atoms with Gasteiger partial charge in [-0.1, -0.05) is 11.8 Å². The summed E-state index contributed by atoms with van der Waals surface area (Å²) in [5, 5.41) is 19.1. The van der Waals surface area contributed by atoms with E-state index in [1.807, 2.05) is 6.07 Å². The number of anilines is 1. The third-order valence-corrected chi connectivity index (χ3v) is 5.17. The van der Waals surface area contributed by atoms with E-state index in [0.717, 1.165) is 11.8 Å². The molecule has 126 valence electrons. The minimum Gasteiger partial charge on any atom is -0.468 e. The molecule has 8 heteroatoms. The van der Waals surface area contributed by atoms with Crippen molar-refractivity contribution < 1.29 is 13.6 Å². The maximum atomic E-state index is 13.0. The van der Waals surface area contributed by atoms with E-state index in [1.165, 1.54) is 17.1 Å². The Bertz CT molecular complexity index is 1210. The minimum atomic E-state index is -0.762. The number of aromatic nitrogens is 1. The zero-order valence-electron chi connectivity index (χ0n) is 13.2. The fraction of sp³-hybridized carbons (Fsp3) is 0.0556. The summed E-state index contributed by atoms with van der Waals surface area (Å²) in [5.74, 6) is 0.518. The molecule has 0 aliphatic carbocycles. The predicted octanol–water partition coefficient (Wildman–Crippen LogP) is 1.72. The number of carbonyl (C=O) groups excluding carboxylic acids is 1. The monoisotopic (exact) mass is 362 g/mol. The molecule has 1 aliphatic heterocycles. The first kappa shape index (κ1) is 15.9. The highest BCUT2D eigenvalue weighted by atomic mass is 32.2. The average Bonchev–Trinajstić information content (AvgIpc) is 3.38. The molecule has 0 saturated carbocycles. The number of nitriles is 2. The molecule has 0 radical (unpaired) electrons. The first-order valence-corrected chi connectivity index (χ1v) is 8.38. The molecular formula is C18H10N4O3S. The second-order valence-electron chi connectivity index (χ2n) is 5.42. The van der Waals surface area contributed by atoms with Crippen LogP contribution in [0.4, 0.5) is 5.69 Å². The Morgan fingerprint density at radius 2 is 1.96 bits per heavy atom. The highest BCUT2D eigenvalue weighted by Gasteiger charge is 2.35. The van der Waals surface area contributed by atoms with Crippen LogP contribution in [0.2, 0.25) is 0 Å². The van der Waals surface area contributed by atoms with E-state index in [0.29, 0.717) is 22.1 Å². The number of carbonyl (C=O) groups is 1. The third-order valence-electron chi connectivity index (χ3n) is 3.98. The van der Waals surface area contributed by atoms with Crippen molar-refractivity contribution in [1.29, 1.82) is 10.5 Å². The van der Waals surface area contributed by atoms with E-state index in [4.69, 9.17) is 14.6 Å². The van der Waals surface area contributed by atoms with E-state index < -0.39 is 5.25 Å². The summed E-state index contributed by atoms with van der Waals surface area (Å²) in [7, 11) is 0. The standard InChI is InChI=1S/C18H10N4O3S/c19-8-12-15(21)11(7-10-3-1-5-24-10)16-14(9-20)26-17(18(23)22(12)16)13-4-2-6-25-13/h1-7,17H,21H2/b11-7+/t17-/m1/s1. The largest absolute Gasteiger partial charge is 0.468 e. The van der Waals surface area contributed by atoms with Crippen molar-refractivity contribution in [2.24, 2.45) is 0 Å². The molecule has 0 saturated heterocycles. The summed E-state index contributed by atoms with van der Waals surface area (Å²) in [6.07, 6.45) is 4.56. The van der Waals surface area contributed by atoms with Gasteiger partial charge in [0.25, 0.3) is 5.91 Å². The zero-order chi connectivity index (χ0) is 18.3. The smallest absolute Gasteiger partial charge is 0.253 e. The van der Waals surface area contributed by atoms with Gasteiger partial charge in [-0.15, -0.1) is 0 Å². The van der Waals surface area contributed by atoms with Crippen LogP contribution in [0, 0.1) is 22.7 Å². The number of thioether (sulfide) groups is 1. The molecule has 0 fully saturated rings. The van der Waals surface area contributed by atoms with E-state index in [9.17, 15) is 15.3 Å². The Kier molecular flexibility index (Phi) is 3.68. The molecule has 0 amide bonds. The molecular weight excluding hydrogens is 352 g/mol. The Balaban J connectivity index is 2.08. The average molecular weight is 362 g/mol. The molecule has 0 bridgehead atoms. The summed E-state index contributed by atoms with van der Waals surface area (Å²) in [4.78, 5) is 13.3. The lowest BCUT2D eigenvalue weighted by atomic mass is 10.2. The van der Waals surface area contributed by atoms with Crippen LogP contribution in [0.3, 0.4) is 0 Å². The van der Waals surface area contributed by atoms with Crippen LogP contribution in [-0.4, -0.2) is 10.5 Å². The Labute approximate surface area is 151 Å². The van der Waals surface area contributed by atoms with E-state index in [2.05, 4.69) is 6.07 Å². The normalized spacial score (nSPS) is 17.0. The van der Waals surface area contributed by atoms with Gasteiger partial charge in [-0.3, -0.25) is 9.36 Å². The molecule has 4 heterocycles. The van der Waals surface area contributed by atoms with Crippen molar-refractivity contribution in [2.75, 3.05) is 5.73 Å². The van der Waals surface area contributed by atoms with E-state index >= 15 is 0 Å².